The zero-order valence-corrected chi connectivity index (χ0v) is 10.3. The highest BCUT2D eigenvalue weighted by Gasteiger charge is 2.06. The predicted octanol–water partition coefficient (Wildman–Crippen LogP) is 1.80. The zero-order chi connectivity index (χ0) is 11.4. The van der Waals surface area contributed by atoms with Crippen LogP contribution < -0.4 is 5.32 Å². The molecule has 0 aliphatic rings. The molecule has 1 rings (SSSR count). The molecule has 0 aliphatic heterocycles. The quantitative estimate of drug-likeness (QED) is 0.798. The summed E-state index contributed by atoms with van der Waals surface area (Å²) in [5.41, 5.74) is 1.00. The van der Waals surface area contributed by atoms with E-state index < -0.39 is 0 Å². The molecule has 1 unspecified atom stereocenters. The van der Waals surface area contributed by atoms with Gasteiger partial charge in [-0.05, 0) is 39.5 Å². The Labute approximate surface area is 95.7 Å². The number of anilines is 1. The highest BCUT2D eigenvalue weighted by Crippen LogP contribution is 2.12. The Morgan fingerprint density at radius 2 is 2.20 bits per heavy atom. The third-order valence-electron chi connectivity index (χ3n) is 2.39. The van der Waals surface area contributed by atoms with Gasteiger partial charge in [0.15, 0.2) is 0 Å². The Morgan fingerprint density at radius 1 is 1.53 bits per heavy atom. The van der Waals surface area contributed by atoms with Gasteiger partial charge < -0.3 is 10.2 Å². The number of hydrogen-bond acceptors (Lipinski definition) is 4. The van der Waals surface area contributed by atoms with Crippen LogP contribution >= 0.6 is 11.6 Å². The van der Waals surface area contributed by atoms with Crippen molar-refractivity contribution in [2.45, 2.75) is 19.9 Å². The highest BCUT2D eigenvalue weighted by atomic mass is 35.5. The second-order valence-electron chi connectivity index (χ2n) is 3.86. The maximum absolute atomic E-state index is 5.72. The number of rotatable bonds is 4. The molecule has 0 aliphatic carbocycles. The van der Waals surface area contributed by atoms with E-state index in [-0.39, 0.29) is 5.28 Å². The van der Waals surface area contributed by atoms with E-state index in [1.807, 2.05) is 21.0 Å². The van der Waals surface area contributed by atoms with Crippen molar-refractivity contribution in [3.8, 4) is 0 Å². The molecule has 1 atom stereocenters. The van der Waals surface area contributed by atoms with Crippen LogP contribution in [0.1, 0.15) is 12.5 Å². The van der Waals surface area contributed by atoms with Crippen molar-refractivity contribution in [2.24, 2.45) is 0 Å². The molecule has 0 radical (unpaired) electrons. The van der Waals surface area contributed by atoms with Gasteiger partial charge in [-0.1, -0.05) is 0 Å². The second-order valence-corrected chi connectivity index (χ2v) is 4.20. The van der Waals surface area contributed by atoms with Gasteiger partial charge in [0.05, 0.1) is 0 Å². The summed E-state index contributed by atoms with van der Waals surface area (Å²) in [6, 6.07) is 0.443. The average Bonchev–Trinajstić information content (AvgIpc) is 2.18. The lowest BCUT2D eigenvalue weighted by molar-refractivity contribution is 0.326. The fraction of sp³-hybridized carbons (Fsp3) is 0.600. The maximum atomic E-state index is 5.72. The van der Waals surface area contributed by atoms with Crippen molar-refractivity contribution in [1.29, 1.82) is 0 Å². The summed E-state index contributed by atoms with van der Waals surface area (Å²) in [6.45, 7) is 4.94. The van der Waals surface area contributed by atoms with Gasteiger partial charge in [-0.3, -0.25) is 0 Å². The van der Waals surface area contributed by atoms with Crippen molar-refractivity contribution in [3.05, 3.63) is 17.0 Å². The number of halogens is 1. The lowest BCUT2D eigenvalue weighted by atomic mass is 10.3. The molecule has 84 valence electrons. The number of nitrogens with one attached hydrogen (secondary N) is 1. The van der Waals surface area contributed by atoms with Crippen LogP contribution in [0.25, 0.3) is 0 Å². The summed E-state index contributed by atoms with van der Waals surface area (Å²) in [6.07, 6.45) is 1.72. The van der Waals surface area contributed by atoms with E-state index >= 15 is 0 Å². The van der Waals surface area contributed by atoms with Gasteiger partial charge in [-0.2, -0.15) is 0 Å². The number of aromatic nitrogens is 2. The van der Waals surface area contributed by atoms with Crippen LogP contribution in [0.4, 0.5) is 5.82 Å². The molecule has 0 fully saturated rings. The fourth-order valence-corrected chi connectivity index (χ4v) is 1.16. The van der Waals surface area contributed by atoms with Crippen LogP contribution in [0.15, 0.2) is 6.20 Å². The van der Waals surface area contributed by atoms with Gasteiger partial charge in [-0.25, -0.2) is 9.97 Å². The van der Waals surface area contributed by atoms with Gasteiger partial charge in [0.25, 0.3) is 0 Å². The van der Waals surface area contributed by atoms with E-state index in [9.17, 15) is 0 Å². The van der Waals surface area contributed by atoms with Crippen LogP contribution in [0.5, 0.6) is 0 Å². The van der Waals surface area contributed by atoms with Crippen molar-refractivity contribution in [2.75, 3.05) is 26.0 Å². The van der Waals surface area contributed by atoms with E-state index in [2.05, 4.69) is 27.1 Å². The predicted molar refractivity (Wildman–Crippen MR) is 63.4 cm³/mol. The molecule has 1 heterocycles. The summed E-state index contributed by atoms with van der Waals surface area (Å²) in [5, 5.41) is 3.54. The first-order valence-electron chi connectivity index (χ1n) is 4.90. The molecule has 0 amide bonds. The molecule has 0 saturated heterocycles. The average molecular weight is 229 g/mol. The number of nitrogens with zero attached hydrogens (tertiary/aromatic N) is 3. The first-order valence-corrected chi connectivity index (χ1v) is 5.28. The zero-order valence-electron chi connectivity index (χ0n) is 9.58. The molecule has 0 aromatic carbocycles. The van der Waals surface area contributed by atoms with Gasteiger partial charge in [0.1, 0.15) is 5.82 Å². The van der Waals surface area contributed by atoms with Crippen LogP contribution in [0, 0.1) is 6.92 Å². The molecule has 0 bridgehead atoms. The molecular weight excluding hydrogens is 212 g/mol. The summed E-state index contributed by atoms with van der Waals surface area (Å²) < 4.78 is 0. The Hall–Kier alpha value is -0.870. The summed E-state index contributed by atoms with van der Waals surface area (Å²) in [5.74, 6) is 0.809. The van der Waals surface area contributed by atoms with Gasteiger partial charge in [0, 0.05) is 24.3 Å². The Morgan fingerprint density at radius 3 is 2.80 bits per heavy atom. The third-order valence-corrected chi connectivity index (χ3v) is 2.57. The van der Waals surface area contributed by atoms with Crippen molar-refractivity contribution >= 4 is 17.4 Å². The lowest BCUT2D eigenvalue weighted by Gasteiger charge is -2.20. The highest BCUT2D eigenvalue weighted by molar-refractivity contribution is 6.28. The number of hydrogen-bond donors (Lipinski definition) is 1. The van der Waals surface area contributed by atoms with E-state index in [0.29, 0.717) is 6.04 Å². The number of aryl methyl sites for hydroxylation is 1. The lowest BCUT2D eigenvalue weighted by Crippen LogP contribution is -2.31. The molecule has 1 aromatic heterocycles. The molecule has 5 heteroatoms. The minimum atomic E-state index is 0.278. The third kappa shape index (κ3) is 3.64. The van der Waals surface area contributed by atoms with Crippen molar-refractivity contribution in [1.82, 2.24) is 14.9 Å². The molecule has 15 heavy (non-hydrogen) atoms. The molecule has 1 N–H and O–H groups in total. The first kappa shape index (κ1) is 12.2. The van der Waals surface area contributed by atoms with Gasteiger partial charge >= 0.3 is 0 Å². The van der Waals surface area contributed by atoms with Crippen molar-refractivity contribution in [3.63, 3.8) is 0 Å². The van der Waals surface area contributed by atoms with Crippen LogP contribution in [0.3, 0.4) is 0 Å². The summed E-state index contributed by atoms with van der Waals surface area (Å²) in [7, 11) is 4.10. The summed E-state index contributed by atoms with van der Waals surface area (Å²) in [4.78, 5) is 10.2. The molecule has 0 saturated carbocycles. The monoisotopic (exact) mass is 228 g/mol. The van der Waals surface area contributed by atoms with E-state index in [1.165, 1.54) is 0 Å². The molecule has 4 nitrogen and oxygen atoms in total. The summed E-state index contributed by atoms with van der Waals surface area (Å²) >= 11 is 5.72. The van der Waals surface area contributed by atoms with Crippen LogP contribution in [-0.4, -0.2) is 41.5 Å². The Kier molecular flexibility index (Phi) is 4.29. The van der Waals surface area contributed by atoms with Crippen molar-refractivity contribution < 1.29 is 0 Å². The first-order chi connectivity index (χ1) is 7.00. The van der Waals surface area contributed by atoms with E-state index in [4.69, 9.17) is 11.6 Å². The van der Waals surface area contributed by atoms with E-state index in [0.717, 1.165) is 17.9 Å². The minimum Gasteiger partial charge on any atom is -0.368 e. The largest absolute Gasteiger partial charge is 0.368 e. The minimum absolute atomic E-state index is 0.278. The maximum Gasteiger partial charge on any atom is 0.224 e. The molecular formula is C10H17ClN4. The normalized spacial score (nSPS) is 12.9. The van der Waals surface area contributed by atoms with Crippen LogP contribution in [-0.2, 0) is 0 Å². The standard InChI is InChI=1S/C10H17ClN4/c1-7-5-13-10(11)14-9(7)12-6-8(2)15(3)4/h5,8H,6H2,1-4H3,(H,12,13,14). The van der Waals surface area contributed by atoms with E-state index in [1.54, 1.807) is 6.20 Å². The van der Waals surface area contributed by atoms with Gasteiger partial charge in [0.2, 0.25) is 5.28 Å². The number of likely N-dealkylation sites (N-methyl/N-ethyl adjacent to an activating group) is 1. The topological polar surface area (TPSA) is 41.1 Å². The SMILES string of the molecule is Cc1cnc(Cl)nc1NCC(C)N(C)C. The molecule has 1 aromatic rings. The fourth-order valence-electron chi connectivity index (χ4n) is 1.03. The molecule has 0 spiro atoms. The Bertz CT molecular complexity index is 327. The van der Waals surface area contributed by atoms with Gasteiger partial charge in [-0.15, -0.1) is 0 Å². The Balaban J connectivity index is 2.61. The second kappa shape index (κ2) is 5.28. The smallest absolute Gasteiger partial charge is 0.224 e. The van der Waals surface area contributed by atoms with Crippen LogP contribution in [0.2, 0.25) is 5.28 Å².